The Hall–Kier alpha value is -3.09. The summed E-state index contributed by atoms with van der Waals surface area (Å²) in [6.45, 7) is 7.61. The first-order chi connectivity index (χ1) is 12.2. The number of nitrogens with zero attached hydrogens (tertiary/aromatic N) is 2. The molecule has 0 bridgehead atoms. The second-order valence-electron chi connectivity index (χ2n) is 6.37. The molecule has 0 radical (unpaired) electrons. The molecule has 3 rings (SSSR count). The van der Waals surface area contributed by atoms with Crippen molar-refractivity contribution in [2.75, 3.05) is 12.4 Å². The van der Waals surface area contributed by atoms with Gasteiger partial charge in [-0.2, -0.15) is 5.10 Å². The molecule has 3 aromatic rings. The highest BCUT2D eigenvalue weighted by atomic mass is 16.5. The van der Waals surface area contributed by atoms with Crippen LogP contribution in [-0.4, -0.2) is 28.8 Å². The van der Waals surface area contributed by atoms with Crippen molar-refractivity contribution in [2.24, 2.45) is 7.05 Å². The number of hydrogen-bond donors (Lipinski definition) is 1. The smallest absolute Gasteiger partial charge is 0.360 e. The Bertz CT molecular complexity index is 1040. The highest BCUT2D eigenvalue weighted by Gasteiger charge is 2.25. The van der Waals surface area contributed by atoms with Gasteiger partial charge in [-0.1, -0.05) is 0 Å². The van der Waals surface area contributed by atoms with E-state index in [9.17, 15) is 9.59 Å². The van der Waals surface area contributed by atoms with Crippen molar-refractivity contribution < 1.29 is 18.7 Å². The molecular weight excluding hydrogens is 334 g/mol. The Balaban J connectivity index is 2.03. The van der Waals surface area contributed by atoms with E-state index < -0.39 is 11.9 Å². The first-order valence-electron chi connectivity index (χ1n) is 8.18. The minimum Gasteiger partial charge on any atom is -0.464 e. The Morgan fingerprint density at radius 1 is 1.15 bits per heavy atom. The van der Waals surface area contributed by atoms with Crippen molar-refractivity contribution in [1.29, 1.82) is 0 Å². The Labute approximate surface area is 150 Å². The number of methoxy groups -OCH3 is 1. The van der Waals surface area contributed by atoms with Crippen LogP contribution in [0.2, 0.25) is 0 Å². The van der Waals surface area contributed by atoms with Gasteiger partial charge in [-0.3, -0.25) is 9.48 Å². The van der Waals surface area contributed by atoms with E-state index in [2.05, 4.69) is 10.4 Å². The number of furan rings is 1. The van der Waals surface area contributed by atoms with Gasteiger partial charge in [-0.15, -0.1) is 0 Å². The molecule has 0 saturated carbocycles. The summed E-state index contributed by atoms with van der Waals surface area (Å²) in [4.78, 5) is 24.7. The molecule has 0 fully saturated rings. The third-order valence-corrected chi connectivity index (χ3v) is 4.71. The summed E-state index contributed by atoms with van der Waals surface area (Å²) < 4.78 is 12.0. The molecule has 136 valence electrons. The maximum absolute atomic E-state index is 12.8. The largest absolute Gasteiger partial charge is 0.464 e. The number of aromatic nitrogens is 2. The van der Waals surface area contributed by atoms with Crippen LogP contribution < -0.4 is 5.32 Å². The maximum Gasteiger partial charge on any atom is 0.360 e. The van der Waals surface area contributed by atoms with Crippen LogP contribution >= 0.6 is 0 Å². The number of aryl methyl sites for hydroxylation is 4. The average Bonchev–Trinajstić information content (AvgIpc) is 3.06. The number of esters is 1. The monoisotopic (exact) mass is 355 g/mol. The number of nitrogens with one attached hydrogen (secondary N) is 1. The first-order valence-corrected chi connectivity index (χ1v) is 8.18. The van der Waals surface area contributed by atoms with Crippen LogP contribution in [0.25, 0.3) is 11.0 Å². The molecule has 1 N–H and O–H groups in total. The summed E-state index contributed by atoms with van der Waals surface area (Å²) in [6.07, 6.45) is 0. The molecule has 0 aliphatic carbocycles. The fraction of sp³-hybridized carbons (Fsp3) is 0.316. The number of ether oxygens (including phenoxy) is 1. The highest BCUT2D eigenvalue weighted by Crippen LogP contribution is 2.29. The van der Waals surface area contributed by atoms with Crippen LogP contribution in [0.3, 0.4) is 0 Å². The standard InChI is InChI=1S/C19H21N3O4/c1-9-7-13-11(3)17(26-14(13)8-10(9)2)18(23)20-15-12(4)22(5)21-16(15)19(24)25-6/h7-8H,1-6H3,(H,20,23). The number of amides is 1. The zero-order chi connectivity index (χ0) is 19.2. The van der Waals surface area contributed by atoms with Crippen LogP contribution in [0, 0.1) is 27.7 Å². The molecule has 2 aromatic heterocycles. The van der Waals surface area contributed by atoms with Crippen molar-refractivity contribution in [3.05, 3.63) is 46.0 Å². The van der Waals surface area contributed by atoms with Crippen molar-refractivity contribution in [2.45, 2.75) is 27.7 Å². The molecule has 0 spiro atoms. The van der Waals surface area contributed by atoms with Crippen molar-refractivity contribution in [1.82, 2.24) is 9.78 Å². The van der Waals surface area contributed by atoms with Gasteiger partial charge in [0.25, 0.3) is 5.91 Å². The van der Waals surface area contributed by atoms with E-state index in [1.807, 2.05) is 32.9 Å². The summed E-state index contributed by atoms with van der Waals surface area (Å²) in [5.74, 6) is -0.837. The predicted molar refractivity (Wildman–Crippen MR) is 97.7 cm³/mol. The molecule has 0 aliphatic rings. The predicted octanol–water partition coefficient (Wildman–Crippen LogP) is 3.44. The molecule has 0 unspecified atom stereocenters. The summed E-state index contributed by atoms with van der Waals surface area (Å²) in [7, 11) is 2.96. The molecule has 7 nitrogen and oxygen atoms in total. The lowest BCUT2D eigenvalue weighted by Crippen LogP contribution is -2.15. The van der Waals surface area contributed by atoms with Crippen LogP contribution in [0.15, 0.2) is 16.5 Å². The molecule has 1 amide bonds. The van der Waals surface area contributed by atoms with E-state index in [0.717, 1.165) is 22.1 Å². The topological polar surface area (TPSA) is 86.4 Å². The lowest BCUT2D eigenvalue weighted by atomic mass is 10.0. The number of carbonyl (C=O) groups excluding carboxylic acids is 2. The molecule has 0 saturated heterocycles. The van der Waals surface area contributed by atoms with E-state index in [1.165, 1.54) is 11.8 Å². The Morgan fingerprint density at radius 3 is 2.46 bits per heavy atom. The van der Waals surface area contributed by atoms with Gasteiger partial charge in [-0.05, 0) is 51.0 Å². The summed E-state index contributed by atoms with van der Waals surface area (Å²) in [5, 5.41) is 7.76. The number of anilines is 1. The van der Waals surface area contributed by atoms with Gasteiger partial charge >= 0.3 is 5.97 Å². The van der Waals surface area contributed by atoms with Crippen molar-refractivity contribution in [3.63, 3.8) is 0 Å². The number of carbonyl (C=O) groups is 2. The maximum atomic E-state index is 12.8. The minimum atomic E-state index is -0.614. The number of benzene rings is 1. The molecule has 2 heterocycles. The Kier molecular flexibility index (Phi) is 4.31. The normalized spacial score (nSPS) is 11.0. The Morgan fingerprint density at radius 2 is 1.81 bits per heavy atom. The van der Waals surface area contributed by atoms with E-state index in [-0.39, 0.29) is 11.5 Å². The summed E-state index contributed by atoms with van der Waals surface area (Å²) >= 11 is 0. The summed E-state index contributed by atoms with van der Waals surface area (Å²) in [5.41, 5.74) is 4.64. The average molecular weight is 355 g/mol. The van der Waals surface area contributed by atoms with Crippen molar-refractivity contribution >= 4 is 28.5 Å². The molecule has 0 atom stereocenters. The molecule has 7 heteroatoms. The van der Waals surface area contributed by atoms with Gasteiger partial charge < -0.3 is 14.5 Å². The molecular formula is C19H21N3O4. The van der Waals surface area contributed by atoms with E-state index in [0.29, 0.717) is 17.0 Å². The van der Waals surface area contributed by atoms with Gasteiger partial charge in [0.1, 0.15) is 5.58 Å². The molecule has 0 aliphatic heterocycles. The fourth-order valence-electron chi connectivity index (χ4n) is 2.86. The van der Waals surface area contributed by atoms with Gasteiger partial charge in [0, 0.05) is 18.0 Å². The van der Waals surface area contributed by atoms with E-state index in [1.54, 1.807) is 14.0 Å². The van der Waals surface area contributed by atoms with Gasteiger partial charge in [0.15, 0.2) is 11.5 Å². The van der Waals surface area contributed by atoms with Crippen LogP contribution in [-0.2, 0) is 11.8 Å². The number of rotatable bonds is 3. The molecule has 1 aromatic carbocycles. The SMILES string of the molecule is COC(=O)c1nn(C)c(C)c1NC(=O)c1oc2cc(C)c(C)cc2c1C. The van der Waals surface area contributed by atoms with Gasteiger partial charge in [-0.25, -0.2) is 4.79 Å². The van der Waals surface area contributed by atoms with Crippen LogP contribution in [0.5, 0.6) is 0 Å². The summed E-state index contributed by atoms with van der Waals surface area (Å²) in [6, 6.07) is 3.93. The zero-order valence-electron chi connectivity index (χ0n) is 15.7. The fourth-order valence-corrected chi connectivity index (χ4v) is 2.86. The second-order valence-corrected chi connectivity index (χ2v) is 6.37. The van der Waals surface area contributed by atoms with Crippen LogP contribution in [0.4, 0.5) is 5.69 Å². The molecule has 26 heavy (non-hydrogen) atoms. The van der Waals surface area contributed by atoms with Gasteiger partial charge in [0.2, 0.25) is 0 Å². The number of fused-ring (bicyclic) bond motifs is 1. The lowest BCUT2D eigenvalue weighted by molar-refractivity contribution is 0.0594. The highest BCUT2D eigenvalue weighted by molar-refractivity contribution is 6.09. The second kappa shape index (κ2) is 6.33. The van der Waals surface area contributed by atoms with Gasteiger partial charge in [0.05, 0.1) is 18.5 Å². The van der Waals surface area contributed by atoms with E-state index >= 15 is 0 Å². The zero-order valence-corrected chi connectivity index (χ0v) is 15.7. The minimum absolute atomic E-state index is 0.0568. The third-order valence-electron chi connectivity index (χ3n) is 4.71. The third kappa shape index (κ3) is 2.75. The van der Waals surface area contributed by atoms with E-state index in [4.69, 9.17) is 9.15 Å². The van der Waals surface area contributed by atoms with Crippen molar-refractivity contribution in [3.8, 4) is 0 Å². The van der Waals surface area contributed by atoms with Crippen LogP contribution in [0.1, 0.15) is 43.4 Å². The number of hydrogen-bond acceptors (Lipinski definition) is 5. The first kappa shape index (κ1) is 17.7. The quantitative estimate of drug-likeness (QED) is 0.727. The lowest BCUT2D eigenvalue weighted by Gasteiger charge is -2.05.